The van der Waals surface area contributed by atoms with Crippen molar-refractivity contribution in [2.75, 3.05) is 0 Å². The highest BCUT2D eigenvalue weighted by molar-refractivity contribution is 9.10. The van der Waals surface area contributed by atoms with E-state index in [4.69, 9.17) is 0 Å². The van der Waals surface area contributed by atoms with Crippen LogP contribution in [-0.4, -0.2) is 4.98 Å². The molecule has 21 heavy (non-hydrogen) atoms. The highest BCUT2D eigenvalue weighted by Crippen LogP contribution is 2.28. The number of nitrogens with zero attached hydrogens (tertiary/aromatic N) is 2. The molecule has 1 N–H and O–H groups in total. The summed E-state index contributed by atoms with van der Waals surface area (Å²) in [5.41, 5.74) is 1.77. The Morgan fingerprint density at radius 3 is 2.95 bits per heavy atom. The van der Waals surface area contributed by atoms with Crippen molar-refractivity contribution in [2.24, 2.45) is 0 Å². The van der Waals surface area contributed by atoms with E-state index in [1.165, 1.54) is 4.88 Å². The molecule has 0 radical (unpaired) electrons. The molecule has 1 atom stereocenters. The molecule has 3 rings (SSSR count). The second-order valence-electron chi connectivity index (χ2n) is 4.56. The van der Waals surface area contributed by atoms with E-state index < -0.39 is 0 Å². The molecule has 0 saturated heterocycles. The monoisotopic (exact) mass is 357 g/mol. The molecule has 0 fully saturated rings. The second-order valence-corrected chi connectivity index (χ2v) is 6.45. The van der Waals surface area contributed by atoms with Crippen molar-refractivity contribution >= 4 is 38.2 Å². The SMILES string of the molecule is N#CC(NCc1cccs1)c1ccc(Br)c2cccnc12. The third kappa shape index (κ3) is 2.98. The first-order valence-corrected chi connectivity index (χ1v) is 8.15. The molecular formula is C16H12BrN3S. The van der Waals surface area contributed by atoms with Crippen molar-refractivity contribution in [3.63, 3.8) is 0 Å². The maximum absolute atomic E-state index is 9.49. The maximum Gasteiger partial charge on any atom is 0.123 e. The molecule has 0 bridgehead atoms. The fraction of sp³-hybridized carbons (Fsp3) is 0.125. The van der Waals surface area contributed by atoms with Gasteiger partial charge >= 0.3 is 0 Å². The Morgan fingerprint density at radius 1 is 1.29 bits per heavy atom. The number of hydrogen-bond acceptors (Lipinski definition) is 4. The maximum atomic E-state index is 9.49. The van der Waals surface area contributed by atoms with Crippen molar-refractivity contribution in [1.29, 1.82) is 5.26 Å². The van der Waals surface area contributed by atoms with Gasteiger partial charge in [0.1, 0.15) is 6.04 Å². The third-order valence-electron chi connectivity index (χ3n) is 3.25. The Kier molecular flexibility index (Phi) is 4.30. The van der Waals surface area contributed by atoms with Gasteiger partial charge in [0.05, 0.1) is 11.6 Å². The summed E-state index contributed by atoms with van der Waals surface area (Å²) in [4.78, 5) is 5.65. The lowest BCUT2D eigenvalue weighted by molar-refractivity contribution is 0.638. The summed E-state index contributed by atoms with van der Waals surface area (Å²) in [5.74, 6) is 0. The van der Waals surface area contributed by atoms with E-state index in [9.17, 15) is 5.26 Å². The summed E-state index contributed by atoms with van der Waals surface area (Å²) < 4.78 is 0.990. The minimum atomic E-state index is -0.377. The molecule has 0 spiro atoms. The molecule has 0 saturated carbocycles. The van der Waals surface area contributed by atoms with Crippen LogP contribution in [0.5, 0.6) is 0 Å². The van der Waals surface area contributed by atoms with Crippen LogP contribution in [-0.2, 0) is 6.54 Å². The smallest absolute Gasteiger partial charge is 0.123 e. The van der Waals surface area contributed by atoms with Crippen LogP contribution in [0, 0.1) is 11.3 Å². The number of halogens is 1. The Hall–Kier alpha value is -1.74. The molecule has 0 aliphatic carbocycles. The van der Waals surface area contributed by atoms with E-state index in [1.54, 1.807) is 17.5 Å². The summed E-state index contributed by atoms with van der Waals surface area (Å²) >= 11 is 5.21. The van der Waals surface area contributed by atoms with Crippen LogP contribution in [0.4, 0.5) is 0 Å². The molecule has 2 aromatic heterocycles. The minimum absolute atomic E-state index is 0.377. The Morgan fingerprint density at radius 2 is 2.19 bits per heavy atom. The molecule has 1 aromatic carbocycles. The van der Waals surface area contributed by atoms with Gasteiger partial charge in [0, 0.05) is 33.0 Å². The van der Waals surface area contributed by atoms with Crippen LogP contribution < -0.4 is 5.32 Å². The predicted octanol–water partition coefficient (Wildman–Crippen LogP) is 4.41. The van der Waals surface area contributed by atoms with Crippen LogP contribution in [0.3, 0.4) is 0 Å². The van der Waals surface area contributed by atoms with Gasteiger partial charge in [0.2, 0.25) is 0 Å². The second kappa shape index (κ2) is 6.35. The molecule has 104 valence electrons. The zero-order valence-corrected chi connectivity index (χ0v) is 13.5. The lowest BCUT2D eigenvalue weighted by Gasteiger charge is -2.14. The summed E-state index contributed by atoms with van der Waals surface area (Å²) in [6, 6.07) is 13.9. The normalized spacial score (nSPS) is 12.2. The number of fused-ring (bicyclic) bond motifs is 1. The lowest BCUT2D eigenvalue weighted by Crippen LogP contribution is -2.19. The third-order valence-corrected chi connectivity index (χ3v) is 4.82. The Labute approximate surface area is 135 Å². The zero-order valence-electron chi connectivity index (χ0n) is 11.1. The highest BCUT2D eigenvalue weighted by atomic mass is 79.9. The Balaban J connectivity index is 1.94. The molecule has 0 aliphatic heterocycles. The van der Waals surface area contributed by atoms with Crippen molar-refractivity contribution < 1.29 is 0 Å². The summed E-state index contributed by atoms with van der Waals surface area (Å²) in [6.45, 7) is 0.681. The standard InChI is InChI=1S/C16H12BrN3S/c17-14-6-5-13(16-12(14)4-1-7-19-16)15(9-18)20-10-11-3-2-8-21-11/h1-8,15,20H,10H2. The zero-order chi connectivity index (χ0) is 14.7. The van der Waals surface area contributed by atoms with E-state index in [-0.39, 0.29) is 6.04 Å². The van der Waals surface area contributed by atoms with E-state index in [0.717, 1.165) is 20.9 Å². The van der Waals surface area contributed by atoms with E-state index in [1.807, 2.05) is 35.7 Å². The predicted molar refractivity (Wildman–Crippen MR) is 89.0 cm³/mol. The van der Waals surface area contributed by atoms with E-state index >= 15 is 0 Å². The van der Waals surface area contributed by atoms with E-state index in [2.05, 4.69) is 38.4 Å². The molecule has 3 nitrogen and oxygen atoms in total. The summed E-state index contributed by atoms with van der Waals surface area (Å²) in [5, 5.41) is 15.8. The average molecular weight is 358 g/mol. The van der Waals surface area contributed by atoms with Gasteiger partial charge in [-0.2, -0.15) is 5.26 Å². The van der Waals surface area contributed by atoms with Crippen LogP contribution in [0.25, 0.3) is 10.9 Å². The fourth-order valence-electron chi connectivity index (χ4n) is 2.23. The van der Waals surface area contributed by atoms with Gasteiger partial charge in [-0.1, -0.05) is 34.1 Å². The van der Waals surface area contributed by atoms with Crippen molar-refractivity contribution in [2.45, 2.75) is 12.6 Å². The van der Waals surface area contributed by atoms with Gasteiger partial charge in [-0.15, -0.1) is 11.3 Å². The average Bonchev–Trinajstić information content (AvgIpc) is 3.03. The molecule has 3 aromatic rings. The number of thiophene rings is 1. The number of nitriles is 1. The van der Waals surface area contributed by atoms with Crippen molar-refractivity contribution in [1.82, 2.24) is 10.3 Å². The number of pyridine rings is 1. The fourth-order valence-corrected chi connectivity index (χ4v) is 3.34. The van der Waals surface area contributed by atoms with Crippen molar-refractivity contribution in [3.8, 4) is 6.07 Å². The van der Waals surface area contributed by atoms with Crippen molar-refractivity contribution in [3.05, 3.63) is 62.9 Å². The first-order chi connectivity index (χ1) is 10.3. The molecule has 1 unspecified atom stereocenters. The van der Waals surface area contributed by atoms with Gasteiger partial charge in [-0.3, -0.25) is 10.3 Å². The number of hydrogen-bond donors (Lipinski definition) is 1. The highest BCUT2D eigenvalue weighted by Gasteiger charge is 2.15. The van der Waals surface area contributed by atoms with Gasteiger partial charge in [0.25, 0.3) is 0 Å². The number of rotatable bonds is 4. The largest absolute Gasteiger partial charge is 0.293 e. The lowest BCUT2D eigenvalue weighted by atomic mass is 10.0. The summed E-state index contributed by atoms with van der Waals surface area (Å²) in [7, 11) is 0. The minimum Gasteiger partial charge on any atom is -0.293 e. The first kappa shape index (κ1) is 14.2. The van der Waals surface area contributed by atoms with Gasteiger partial charge in [-0.05, 0) is 23.6 Å². The number of aromatic nitrogens is 1. The quantitative estimate of drug-likeness (QED) is 0.751. The Bertz CT molecular complexity index is 793. The molecular weight excluding hydrogens is 346 g/mol. The summed E-state index contributed by atoms with van der Waals surface area (Å²) in [6.07, 6.45) is 1.76. The van der Waals surface area contributed by atoms with E-state index in [0.29, 0.717) is 6.54 Å². The molecule has 0 amide bonds. The molecule has 2 heterocycles. The van der Waals surface area contributed by atoms with Crippen LogP contribution in [0.2, 0.25) is 0 Å². The number of nitrogens with one attached hydrogen (secondary N) is 1. The first-order valence-electron chi connectivity index (χ1n) is 6.48. The van der Waals surface area contributed by atoms with Crippen LogP contribution in [0.15, 0.2) is 52.4 Å². The van der Waals surface area contributed by atoms with Gasteiger partial charge in [0.15, 0.2) is 0 Å². The topological polar surface area (TPSA) is 48.7 Å². The molecule has 5 heteroatoms. The molecule has 0 aliphatic rings. The van der Waals surface area contributed by atoms with Gasteiger partial charge in [-0.25, -0.2) is 0 Å². The van der Waals surface area contributed by atoms with Gasteiger partial charge < -0.3 is 0 Å². The number of benzene rings is 1. The van der Waals surface area contributed by atoms with Crippen LogP contribution in [0.1, 0.15) is 16.5 Å². The van der Waals surface area contributed by atoms with Crippen LogP contribution >= 0.6 is 27.3 Å².